The summed E-state index contributed by atoms with van der Waals surface area (Å²) in [6.45, 7) is 5.63. The van der Waals surface area contributed by atoms with Gasteiger partial charge in [-0.05, 0) is 74.6 Å². The van der Waals surface area contributed by atoms with Gasteiger partial charge in [-0.15, -0.1) is 0 Å². The number of aryl methyl sites for hydroxylation is 2. The normalized spacial score (nSPS) is 14.1. The second-order valence-corrected chi connectivity index (χ2v) is 8.92. The molecule has 0 radical (unpaired) electrons. The summed E-state index contributed by atoms with van der Waals surface area (Å²) < 4.78 is 16.4. The maximum Gasteiger partial charge on any atom is 0.349 e. The van der Waals surface area contributed by atoms with E-state index >= 15 is 0 Å². The molecule has 1 aromatic heterocycles. The van der Waals surface area contributed by atoms with Gasteiger partial charge in [-0.1, -0.05) is 25.3 Å². The largest absolute Gasteiger partial charge is 0.482 e. The summed E-state index contributed by atoms with van der Waals surface area (Å²) in [4.78, 5) is 37.3. The summed E-state index contributed by atoms with van der Waals surface area (Å²) >= 11 is 0. The highest BCUT2D eigenvalue weighted by molar-refractivity contribution is 5.97. The van der Waals surface area contributed by atoms with Crippen LogP contribution in [0.1, 0.15) is 59.2 Å². The average Bonchev–Trinajstić information content (AvgIpc) is 2.80. The van der Waals surface area contributed by atoms with Crippen LogP contribution in [0.25, 0.3) is 11.0 Å². The fraction of sp³-hybridized carbons (Fsp3) is 0.370. The van der Waals surface area contributed by atoms with E-state index in [2.05, 4.69) is 11.4 Å². The van der Waals surface area contributed by atoms with Crippen LogP contribution in [0, 0.1) is 20.8 Å². The number of carbonyl (C=O) groups excluding carboxylic acids is 2. The Labute approximate surface area is 198 Å². The lowest BCUT2D eigenvalue weighted by Crippen LogP contribution is -2.38. The number of hydrogen-bond acceptors (Lipinski definition) is 6. The van der Waals surface area contributed by atoms with E-state index in [0.717, 1.165) is 42.4 Å². The first-order valence-electron chi connectivity index (χ1n) is 11.6. The van der Waals surface area contributed by atoms with Crippen LogP contribution in [0.3, 0.4) is 0 Å². The van der Waals surface area contributed by atoms with Crippen LogP contribution in [-0.4, -0.2) is 24.5 Å². The maximum atomic E-state index is 12.6. The highest BCUT2D eigenvalue weighted by Crippen LogP contribution is 2.24. The molecule has 3 aromatic rings. The van der Waals surface area contributed by atoms with Gasteiger partial charge in [0.25, 0.3) is 5.91 Å². The van der Waals surface area contributed by atoms with Gasteiger partial charge in [-0.3, -0.25) is 4.79 Å². The van der Waals surface area contributed by atoms with E-state index in [1.165, 1.54) is 18.6 Å². The Morgan fingerprint density at radius 1 is 1.03 bits per heavy atom. The number of ether oxygens (including phenoxy) is 2. The third-order valence-corrected chi connectivity index (χ3v) is 6.23. The molecule has 1 saturated carbocycles. The van der Waals surface area contributed by atoms with E-state index in [1.807, 2.05) is 26.8 Å². The Hall–Kier alpha value is -3.61. The molecule has 7 nitrogen and oxygen atoms in total. The smallest absolute Gasteiger partial charge is 0.349 e. The molecule has 2 aromatic carbocycles. The Bertz CT molecular complexity index is 1290. The molecule has 7 heteroatoms. The maximum absolute atomic E-state index is 12.6. The number of benzene rings is 2. The van der Waals surface area contributed by atoms with E-state index in [9.17, 15) is 14.4 Å². The molecule has 0 aliphatic heterocycles. The Balaban J connectivity index is 1.43. The number of rotatable bonds is 6. The molecule has 1 amide bonds. The van der Waals surface area contributed by atoms with Gasteiger partial charge < -0.3 is 19.2 Å². The van der Waals surface area contributed by atoms with Crippen LogP contribution in [0.2, 0.25) is 0 Å². The Morgan fingerprint density at radius 2 is 1.79 bits per heavy atom. The predicted molar refractivity (Wildman–Crippen MR) is 129 cm³/mol. The first kappa shape index (κ1) is 23.5. The van der Waals surface area contributed by atoms with Gasteiger partial charge in [0, 0.05) is 17.5 Å². The van der Waals surface area contributed by atoms with Crippen molar-refractivity contribution in [2.75, 3.05) is 6.61 Å². The Morgan fingerprint density at radius 3 is 2.56 bits per heavy atom. The van der Waals surface area contributed by atoms with Crippen LogP contribution >= 0.6 is 0 Å². The number of esters is 1. The van der Waals surface area contributed by atoms with Crippen LogP contribution in [0.5, 0.6) is 11.5 Å². The zero-order chi connectivity index (χ0) is 24.2. The molecule has 1 aliphatic rings. The predicted octanol–water partition coefficient (Wildman–Crippen LogP) is 4.77. The van der Waals surface area contributed by atoms with Crippen molar-refractivity contribution in [3.8, 4) is 11.5 Å². The number of hydrogen-bond donors (Lipinski definition) is 1. The standard InChI is InChI=1S/C27H29NO6/c1-16-11-17(2)18(3)23(12-16)32-15-25(29)33-21-10-9-19-13-22(27(31)34-24(19)14-21)26(30)28-20-7-5-4-6-8-20/h9-14,20H,4-8,15H2,1-3H3,(H,28,30). The molecule has 1 fully saturated rings. The van der Waals surface area contributed by atoms with Crippen molar-refractivity contribution in [3.63, 3.8) is 0 Å². The molecule has 4 rings (SSSR count). The number of amides is 1. The van der Waals surface area contributed by atoms with E-state index in [4.69, 9.17) is 13.9 Å². The molecule has 1 heterocycles. The molecule has 1 aliphatic carbocycles. The van der Waals surface area contributed by atoms with Crippen molar-refractivity contribution in [1.29, 1.82) is 0 Å². The third kappa shape index (κ3) is 5.47. The van der Waals surface area contributed by atoms with Gasteiger partial charge in [0.1, 0.15) is 22.6 Å². The fourth-order valence-electron chi connectivity index (χ4n) is 4.27. The Kier molecular flexibility index (Phi) is 7.01. The van der Waals surface area contributed by atoms with Gasteiger partial charge in [0.05, 0.1) is 0 Å². The van der Waals surface area contributed by atoms with Gasteiger partial charge in [0.2, 0.25) is 0 Å². The minimum atomic E-state index is -0.724. The van der Waals surface area contributed by atoms with Crippen molar-refractivity contribution >= 4 is 22.8 Å². The second kappa shape index (κ2) is 10.1. The quantitative estimate of drug-likeness (QED) is 0.322. The monoisotopic (exact) mass is 463 g/mol. The van der Waals surface area contributed by atoms with Crippen molar-refractivity contribution in [1.82, 2.24) is 5.32 Å². The van der Waals surface area contributed by atoms with Crippen molar-refractivity contribution in [3.05, 3.63) is 69.1 Å². The van der Waals surface area contributed by atoms with Crippen LogP contribution in [0.15, 0.2) is 45.6 Å². The van der Waals surface area contributed by atoms with Crippen LogP contribution in [-0.2, 0) is 4.79 Å². The molecule has 178 valence electrons. The molecule has 34 heavy (non-hydrogen) atoms. The molecule has 0 atom stereocenters. The van der Waals surface area contributed by atoms with Crippen molar-refractivity contribution in [2.45, 2.75) is 58.9 Å². The topological polar surface area (TPSA) is 94.8 Å². The summed E-state index contributed by atoms with van der Waals surface area (Å²) in [5.74, 6) is -0.139. The minimum absolute atomic E-state index is 0.0277. The van der Waals surface area contributed by atoms with Gasteiger partial charge in [-0.2, -0.15) is 0 Å². The highest BCUT2D eigenvalue weighted by atomic mass is 16.6. The lowest BCUT2D eigenvalue weighted by molar-refractivity contribution is -0.136. The number of nitrogens with one attached hydrogen (secondary N) is 1. The van der Waals surface area contributed by atoms with Gasteiger partial charge >= 0.3 is 11.6 Å². The average molecular weight is 464 g/mol. The molecular weight excluding hydrogens is 434 g/mol. The molecule has 0 spiro atoms. The first-order chi connectivity index (χ1) is 16.3. The van der Waals surface area contributed by atoms with E-state index in [1.54, 1.807) is 12.1 Å². The van der Waals surface area contributed by atoms with Crippen molar-refractivity contribution < 1.29 is 23.5 Å². The first-order valence-corrected chi connectivity index (χ1v) is 11.6. The zero-order valence-electron chi connectivity index (χ0n) is 19.7. The minimum Gasteiger partial charge on any atom is -0.482 e. The molecule has 0 unspecified atom stereocenters. The molecule has 0 bridgehead atoms. The summed E-state index contributed by atoms with van der Waals surface area (Å²) in [5, 5.41) is 3.50. The van der Waals surface area contributed by atoms with Crippen LogP contribution < -0.4 is 20.4 Å². The molecular formula is C27H29NO6. The molecule has 0 saturated heterocycles. The third-order valence-electron chi connectivity index (χ3n) is 6.23. The van der Waals surface area contributed by atoms with E-state index in [-0.39, 0.29) is 29.5 Å². The lowest BCUT2D eigenvalue weighted by Gasteiger charge is -2.22. The lowest BCUT2D eigenvalue weighted by atomic mass is 9.95. The van der Waals surface area contributed by atoms with E-state index < -0.39 is 17.5 Å². The SMILES string of the molecule is Cc1cc(C)c(C)c(OCC(=O)Oc2ccc3cc(C(=O)NC4CCCCC4)c(=O)oc3c2)c1. The fourth-order valence-corrected chi connectivity index (χ4v) is 4.27. The molecule has 1 N–H and O–H groups in total. The van der Waals surface area contributed by atoms with Gasteiger partial charge in [0.15, 0.2) is 6.61 Å². The summed E-state index contributed by atoms with van der Waals surface area (Å²) in [7, 11) is 0. The summed E-state index contributed by atoms with van der Waals surface area (Å²) in [5.41, 5.74) is 2.57. The highest BCUT2D eigenvalue weighted by Gasteiger charge is 2.20. The second-order valence-electron chi connectivity index (χ2n) is 8.92. The van der Waals surface area contributed by atoms with Crippen LogP contribution in [0.4, 0.5) is 0 Å². The number of carbonyl (C=O) groups is 2. The van der Waals surface area contributed by atoms with E-state index in [0.29, 0.717) is 11.1 Å². The zero-order valence-corrected chi connectivity index (χ0v) is 19.7. The summed E-state index contributed by atoms with van der Waals surface area (Å²) in [6, 6.07) is 10.2. The number of fused-ring (bicyclic) bond motifs is 1. The van der Waals surface area contributed by atoms with Gasteiger partial charge in [-0.25, -0.2) is 9.59 Å². The van der Waals surface area contributed by atoms with Crippen molar-refractivity contribution in [2.24, 2.45) is 0 Å². The summed E-state index contributed by atoms with van der Waals surface area (Å²) in [6.07, 6.45) is 5.18.